The van der Waals surface area contributed by atoms with Crippen molar-refractivity contribution in [2.45, 2.75) is 63.9 Å². The number of sulfonamides is 2. The lowest BCUT2D eigenvalue weighted by Gasteiger charge is -2.18. The summed E-state index contributed by atoms with van der Waals surface area (Å²) in [6, 6.07) is 0. The summed E-state index contributed by atoms with van der Waals surface area (Å²) >= 11 is 0. The molecule has 8 heteroatoms. The largest absolute Gasteiger partial charge is 0.228 e. The number of rotatable bonds is 10. The van der Waals surface area contributed by atoms with Gasteiger partial charge in [-0.15, -0.1) is 13.2 Å². The molecule has 0 aromatic heterocycles. The van der Waals surface area contributed by atoms with Crippen molar-refractivity contribution in [3.63, 3.8) is 0 Å². The Hall–Kier alpha value is -0.700. The van der Waals surface area contributed by atoms with E-state index in [2.05, 4.69) is 13.2 Å². The van der Waals surface area contributed by atoms with Crippen molar-refractivity contribution in [1.29, 1.82) is 0 Å². The Kier molecular flexibility index (Phi) is 12.5. The third-order valence-electron chi connectivity index (χ3n) is 3.99. The summed E-state index contributed by atoms with van der Waals surface area (Å²) in [5, 5.41) is 9.25. The van der Waals surface area contributed by atoms with Gasteiger partial charge in [0.15, 0.2) is 0 Å². The van der Waals surface area contributed by atoms with Crippen molar-refractivity contribution in [1.82, 2.24) is 0 Å². The first kappa shape index (κ1) is 25.5. The molecule has 6 nitrogen and oxygen atoms in total. The van der Waals surface area contributed by atoms with Crippen LogP contribution in [0.1, 0.15) is 53.4 Å². The summed E-state index contributed by atoms with van der Waals surface area (Å²) in [5.74, 6) is 0.116. The molecule has 0 rings (SSSR count). The lowest BCUT2D eigenvalue weighted by molar-refractivity contribution is 0.499. The minimum absolute atomic E-state index is 0.0579. The SMILES string of the molecule is C=CC[C@@H](C)[C@@H](CC)S(N)(=O)=O.C=CC[C@@H](C)[C@H](CC)S(N)(=O)=O. The van der Waals surface area contributed by atoms with E-state index in [-0.39, 0.29) is 11.8 Å². The van der Waals surface area contributed by atoms with Crippen LogP contribution in [0, 0.1) is 11.8 Å². The molecule has 0 aromatic rings. The van der Waals surface area contributed by atoms with Gasteiger partial charge in [0.1, 0.15) is 0 Å². The van der Waals surface area contributed by atoms with E-state index in [1.165, 1.54) is 0 Å². The first-order valence-corrected chi connectivity index (χ1v) is 11.3. The Morgan fingerprint density at radius 1 is 0.792 bits per heavy atom. The molecule has 24 heavy (non-hydrogen) atoms. The zero-order chi connectivity index (χ0) is 19.6. The summed E-state index contributed by atoms with van der Waals surface area (Å²) in [5.41, 5.74) is 0. The van der Waals surface area contributed by atoms with Crippen molar-refractivity contribution in [3.8, 4) is 0 Å². The molecule has 0 amide bonds. The Bertz CT molecular complexity index is 519. The normalized spacial score (nSPS) is 16.9. The predicted octanol–water partition coefficient (Wildman–Crippen LogP) is 2.53. The van der Waals surface area contributed by atoms with Gasteiger partial charge < -0.3 is 0 Å². The molecular formula is C16H34N2O4S2. The maximum atomic E-state index is 11.0. The van der Waals surface area contributed by atoms with Crippen LogP contribution in [0.4, 0.5) is 0 Å². The van der Waals surface area contributed by atoms with E-state index in [0.717, 1.165) is 0 Å². The van der Waals surface area contributed by atoms with Gasteiger partial charge in [0.05, 0.1) is 10.5 Å². The number of hydrogen-bond acceptors (Lipinski definition) is 4. The Balaban J connectivity index is 0. The van der Waals surface area contributed by atoms with Crippen LogP contribution < -0.4 is 10.3 Å². The monoisotopic (exact) mass is 382 g/mol. The fourth-order valence-electron chi connectivity index (χ4n) is 2.75. The van der Waals surface area contributed by atoms with Gasteiger partial charge in [-0.3, -0.25) is 0 Å². The first-order chi connectivity index (χ1) is 10.9. The number of hydrogen-bond donors (Lipinski definition) is 2. The summed E-state index contributed by atoms with van der Waals surface area (Å²) in [7, 11) is -6.77. The van der Waals surface area contributed by atoms with Crippen molar-refractivity contribution in [2.75, 3.05) is 0 Å². The van der Waals surface area contributed by atoms with Crippen LogP contribution in [0.25, 0.3) is 0 Å². The fourth-order valence-corrected chi connectivity index (χ4v) is 5.19. The average Bonchev–Trinajstić information content (AvgIpc) is 2.38. The van der Waals surface area contributed by atoms with Crippen LogP contribution in [-0.2, 0) is 20.0 Å². The number of allylic oxidation sites excluding steroid dienone is 2. The molecule has 0 aliphatic heterocycles. The zero-order valence-corrected chi connectivity index (χ0v) is 16.9. The van der Waals surface area contributed by atoms with Gasteiger partial charge in [-0.2, -0.15) is 0 Å². The van der Waals surface area contributed by atoms with Crippen LogP contribution in [0.5, 0.6) is 0 Å². The minimum atomic E-state index is -3.38. The summed E-state index contributed by atoms with van der Waals surface area (Å²) in [6.07, 6.45) is 5.95. The molecule has 0 aromatic carbocycles. The third kappa shape index (κ3) is 10.2. The number of nitrogens with two attached hydrogens (primary N) is 2. The second kappa shape index (κ2) is 11.8. The van der Waals surface area contributed by atoms with Crippen LogP contribution in [0.15, 0.2) is 25.3 Å². The van der Waals surface area contributed by atoms with Crippen LogP contribution in [-0.4, -0.2) is 27.3 Å². The van der Waals surface area contributed by atoms with Gasteiger partial charge in [-0.05, 0) is 37.5 Å². The quantitative estimate of drug-likeness (QED) is 0.564. The van der Waals surface area contributed by atoms with Gasteiger partial charge >= 0.3 is 0 Å². The smallest absolute Gasteiger partial charge is 0.212 e. The van der Waals surface area contributed by atoms with Gasteiger partial charge in [-0.1, -0.05) is 39.8 Å². The van der Waals surface area contributed by atoms with Crippen molar-refractivity contribution >= 4 is 20.0 Å². The first-order valence-electron chi connectivity index (χ1n) is 8.11. The van der Waals surface area contributed by atoms with Gasteiger partial charge in [0.2, 0.25) is 20.0 Å². The Morgan fingerprint density at radius 2 is 1.04 bits per heavy atom. The second-order valence-electron chi connectivity index (χ2n) is 6.07. The molecule has 0 aliphatic carbocycles. The highest BCUT2D eigenvalue weighted by Crippen LogP contribution is 2.18. The average molecular weight is 383 g/mol. The van der Waals surface area contributed by atoms with E-state index in [9.17, 15) is 16.8 Å². The summed E-state index contributed by atoms with van der Waals surface area (Å²) in [4.78, 5) is 0. The van der Waals surface area contributed by atoms with E-state index < -0.39 is 30.5 Å². The fraction of sp³-hybridized carbons (Fsp3) is 0.750. The van der Waals surface area contributed by atoms with Crippen molar-refractivity contribution in [3.05, 3.63) is 25.3 Å². The Morgan fingerprint density at radius 3 is 1.17 bits per heavy atom. The van der Waals surface area contributed by atoms with Gasteiger partial charge in [0, 0.05) is 0 Å². The van der Waals surface area contributed by atoms with Crippen LogP contribution in [0.2, 0.25) is 0 Å². The molecule has 0 radical (unpaired) electrons. The molecule has 0 aliphatic rings. The molecule has 0 spiro atoms. The summed E-state index contributed by atoms with van der Waals surface area (Å²) < 4.78 is 44.1. The molecule has 0 fully saturated rings. The van der Waals surface area contributed by atoms with E-state index in [4.69, 9.17) is 10.3 Å². The van der Waals surface area contributed by atoms with E-state index >= 15 is 0 Å². The molecule has 0 heterocycles. The lowest BCUT2D eigenvalue weighted by Crippen LogP contribution is -2.33. The maximum Gasteiger partial charge on any atom is 0.212 e. The molecule has 144 valence electrons. The molecule has 4 atom stereocenters. The molecule has 0 saturated heterocycles. The molecule has 4 N–H and O–H groups in total. The zero-order valence-electron chi connectivity index (χ0n) is 15.3. The molecule has 0 unspecified atom stereocenters. The van der Waals surface area contributed by atoms with E-state index in [1.807, 2.05) is 27.7 Å². The minimum Gasteiger partial charge on any atom is -0.228 e. The van der Waals surface area contributed by atoms with Crippen molar-refractivity contribution < 1.29 is 16.8 Å². The molecular weight excluding hydrogens is 348 g/mol. The summed E-state index contributed by atoms with van der Waals surface area (Å²) in [6.45, 7) is 14.5. The third-order valence-corrected chi connectivity index (χ3v) is 7.28. The highest BCUT2D eigenvalue weighted by molar-refractivity contribution is 7.90. The number of primary sulfonamides is 2. The van der Waals surface area contributed by atoms with Crippen molar-refractivity contribution in [2.24, 2.45) is 22.1 Å². The topological polar surface area (TPSA) is 120 Å². The highest BCUT2D eigenvalue weighted by Gasteiger charge is 2.25. The molecule has 0 bridgehead atoms. The van der Waals surface area contributed by atoms with E-state index in [1.54, 1.807) is 12.2 Å². The standard InChI is InChI=1S/2C8H17NO2S/c2*1-4-6-7(3)8(5-2)12(9,10)11/h2*4,7-8H,1,5-6H2,2-3H3,(H2,9,10,11)/t7-,8+;7-,8-/m11/s1. The Labute approximate surface area is 148 Å². The lowest BCUT2D eigenvalue weighted by atomic mass is 10.0. The van der Waals surface area contributed by atoms with Gasteiger partial charge in [0.25, 0.3) is 0 Å². The van der Waals surface area contributed by atoms with Crippen LogP contribution >= 0.6 is 0 Å². The predicted molar refractivity (Wildman–Crippen MR) is 102 cm³/mol. The van der Waals surface area contributed by atoms with E-state index in [0.29, 0.717) is 25.7 Å². The van der Waals surface area contributed by atoms with Crippen LogP contribution in [0.3, 0.4) is 0 Å². The molecule has 0 saturated carbocycles. The van der Waals surface area contributed by atoms with Gasteiger partial charge in [-0.25, -0.2) is 27.1 Å². The highest BCUT2D eigenvalue weighted by atomic mass is 32.2. The second-order valence-corrected chi connectivity index (χ2v) is 9.64. The maximum absolute atomic E-state index is 11.0.